The molecule has 0 aliphatic carbocycles. The summed E-state index contributed by atoms with van der Waals surface area (Å²) in [4.78, 5) is 28.7. The first-order chi connectivity index (χ1) is 17.6. The monoisotopic (exact) mass is 521 g/mol. The highest BCUT2D eigenvalue weighted by Crippen LogP contribution is 2.21. The third kappa shape index (κ3) is 7.92. The second-order valence-electron chi connectivity index (χ2n) is 9.22. The van der Waals surface area contributed by atoms with E-state index in [2.05, 4.69) is 5.32 Å². The molecule has 37 heavy (non-hydrogen) atoms. The van der Waals surface area contributed by atoms with Crippen LogP contribution in [0.25, 0.3) is 0 Å². The number of likely N-dealkylation sites (N-methyl/N-ethyl adjacent to an activating group) is 1. The van der Waals surface area contributed by atoms with Crippen LogP contribution < -0.4 is 9.62 Å². The first-order valence-corrected chi connectivity index (χ1v) is 14.1. The highest BCUT2D eigenvalue weighted by atomic mass is 32.2. The quantitative estimate of drug-likeness (QED) is 0.415. The number of amides is 2. The Morgan fingerprint density at radius 2 is 1.54 bits per heavy atom. The molecule has 0 saturated heterocycles. The fraction of sp³-hybridized carbons (Fsp3) is 0.310. The van der Waals surface area contributed by atoms with E-state index in [1.807, 2.05) is 81.4 Å². The molecule has 1 atom stereocenters. The first-order valence-electron chi connectivity index (χ1n) is 12.3. The van der Waals surface area contributed by atoms with Crippen molar-refractivity contribution < 1.29 is 18.0 Å². The number of carbonyl (C=O) groups excluding carboxylic acids is 2. The number of sulfonamides is 1. The second kappa shape index (κ2) is 12.5. The van der Waals surface area contributed by atoms with Gasteiger partial charge < -0.3 is 10.2 Å². The van der Waals surface area contributed by atoms with E-state index >= 15 is 0 Å². The van der Waals surface area contributed by atoms with E-state index in [-0.39, 0.29) is 12.5 Å². The Hall–Kier alpha value is -3.65. The lowest BCUT2D eigenvalue weighted by atomic mass is 10.0. The smallest absolute Gasteiger partial charge is 0.244 e. The zero-order valence-electron chi connectivity index (χ0n) is 21.8. The number of rotatable bonds is 11. The Labute approximate surface area is 220 Å². The van der Waals surface area contributed by atoms with Crippen molar-refractivity contribution in [2.75, 3.05) is 23.7 Å². The van der Waals surface area contributed by atoms with Crippen molar-refractivity contribution in [1.29, 1.82) is 0 Å². The lowest BCUT2D eigenvalue weighted by Gasteiger charge is -2.33. The third-order valence-corrected chi connectivity index (χ3v) is 7.21. The number of anilines is 1. The van der Waals surface area contributed by atoms with E-state index in [0.29, 0.717) is 18.7 Å². The molecule has 7 nitrogen and oxygen atoms in total. The summed E-state index contributed by atoms with van der Waals surface area (Å²) in [6, 6.07) is 23.4. The maximum atomic E-state index is 13.9. The summed E-state index contributed by atoms with van der Waals surface area (Å²) >= 11 is 0. The van der Waals surface area contributed by atoms with Crippen molar-refractivity contribution in [3.63, 3.8) is 0 Å². The zero-order chi connectivity index (χ0) is 27.0. The fourth-order valence-electron chi connectivity index (χ4n) is 4.13. The molecule has 3 rings (SSSR count). The highest BCUT2D eigenvalue weighted by Gasteiger charge is 2.32. The summed E-state index contributed by atoms with van der Waals surface area (Å²) in [5, 5.41) is 2.85. The van der Waals surface area contributed by atoms with E-state index in [4.69, 9.17) is 0 Å². The van der Waals surface area contributed by atoms with E-state index in [1.165, 1.54) is 4.90 Å². The lowest BCUT2D eigenvalue weighted by Crippen LogP contribution is -2.53. The van der Waals surface area contributed by atoms with Crippen LogP contribution in [0, 0.1) is 13.8 Å². The molecule has 0 aliphatic heterocycles. The minimum Gasteiger partial charge on any atom is -0.355 e. The Kier molecular flexibility index (Phi) is 9.47. The lowest BCUT2D eigenvalue weighted by molar-refractivity contribution is -0.140. The number of hydrogen-bond acceptors (Lipinski definition) is 4. The van der Waals surface area contributed by atoms with Crippen molar-refractivity contribution in [1.82, 2.24) is 10.2 Å². The van der Waals surface area contributed by atoms with Crippen molar-refractivity contribution >= 4 is 27.5 Å². The SMILES string of the molecule is CCNC(=O)C(Cc1ccccc1)N(Cc1ccc(C)cc1)C(=O)CN(c1cccc(C)c1)S(C)(=O)=O. The summed E-state index contributed by atoms with van der Waals surface area (Å²) in [6.45, 7) is 5.83. The molecule has 2 amide bonds. The van der Waals surface area contributed by atoms with Gasteiger partial charge in [0, 0.05) is 19.5 Å². The molecule has 3 aromatic carbocycles. The number of benzene rings is 3. The van der Waals surface area contributed by atoms with Gasteiger partial charge >= 0.3 is 0 Å². The number of nitrogens with zero attached hydrogens (tertiary/aromatic N) is 2. The molecule has 0 aliphatic rings. The molecule has 0 radical (unpaired) electrons. The van der Waals surface area contributed by atoms with Crippen LogP contribution in [-0.4, -0.2) is 50.5 Å². The summed E-state index contributed by atoms with van der Waals surface area (Å²) in [7, 11) is -3.77. The van der Waals surface area contributed by atoms with E-state index in [1.54, 1.807) is 18.2 Å². The molecule has 196 valence electrons. The van der Waals surface area contributed by atoms with E-state index < -0.39 is 28.5 Å². The van der Waals surface area contributed by atoms with Gasteiger partial charge in [-0.15, -0.1) is 0 Å². The number of aryl methyl sites for hydroxylation is 2. The average molecular weight is 522 g/mol. The standard InChI is InChI=1S/C29H35N3O4S/c1-5-30-29(34)27(19-24-11-7-6-8-12-24)31(20-25-16-14-22(2)15-17-25)28(33)21-32(37(4,35)36)26-13-9-10-23(3)18-26/h6-18,27H,5,19-21H2,1-4H3,(H,30,34). The van der Waals surface area contributed by atoms with E-state index in [0.717, 1.165) is 32.8 Å². The van der Waals surface area contributed by atoms with Crippen molar-refractivity contribution in [2.45, 2.75) is 39.8 Å². The molecule has 0 saturated carbocycles. The van der Waals surface area contributed by atoms with Crippen LogP contribution in [0.15, 0.2) is 78.9 Å². The summed E-state index contributed by atoms with van der Waals surface area (Å²) < 4.78 is 26.6. The van der Waals surface area contributed by atoms with Gasteiger partial charge in [0.15, 0.2) is 0 Å². The Bertz CT molecular complexity index is 1310. The second-order valence-corrected chi connectivity index (χ2v) is 11.1. The summed E-state index contributed by atoms with van der Waals surface area (Å²) in [5.41, 5.74) is 4.11. The van der Waals surface area contributed by atoms with Crippen molar-refractivity contribution in [3.05, 3.63) is 101 Å². The van der Waals surface area contributed by atoms with Crippen LogP contribution in [0.1, 0.15) is 29.2 Å². The molecule has 8 heteroatoms. The van der Waals surface area contributed by atoms with Gasteiger partial charge in [0.25, 0.3) is 0 Å². The van der Waals surface area contributed by atoms with Gasteiger partial charge in [0.05, 0.1) is 11.9 Å². The molecule has 0 fully saturated rings. The fourth-order valence-corrected chi connectivity index (χ4v) is 4.97. The number of nitrogens with one attached hydrogen (secondary N) is 1. The molecule has 0 bridgehead atoms. The van der Waals surface area contributed by atoms with Crippen LogP contribution in [-0.2, 0) is 32.6 Å². The topological polar surface area (TPSA) is 86.8 Å². The van der Waals surface area contributed by atoms with Crippen LogP contribution >= 0.6 is 0 Å². The molecule has 3 aromatic rings. The summed E-state index contributed by atoms with van der Waals surface area (Å²) in [6.07, 6.45) is 1.38. The minimum absolute atomic E-state index is 0.166. The predicted molar refractivity (Wildman–Crippen MR) is 148 cm³/mol. The number of hydrogen-bond donors (Lipinski definition) is 1. The van der Waals surface area contributed by atoms with Gasteiger partial charge in [-0.3, -0.25) is 13.9 Å². The van der Waals surface area contributed by atoms with E-state index in [9.17, 15) is 18.0 Å². The van der Waals surface area contributed by atoms with Gasteiger partial charge in [-0.25, -0.2) is 8.42 Å². The van der Waals surface area contributed by atoms with Gasteiger partial charge in [-0.1, -0.05) is 72.3 Å². The van der Waals surface area contributed by atoms with Crippen LogP contribution in [0.5, 0.6) is 0 Å². The van der Waals surface area contributed by atoms with Crippen LogP contribution in [0.3, 0.4) is 0 Å². The molecule has 1 N–H and O–H groups in total. The van der Waals surface area contributed by atoms with Gasteiger partial charge in [-0.2, -0.15) is 0 Å². The molecular weight excluding hydrogens is 486 g/mol. The molecule has 0 spiro atoms. The Balaban J connectivity index is 2.03. The zero-order valence-corrected chi connectivity index (χ0v) is 22.7. The predicted octanol–water partition coefficient (Wildman–Crippen LogP) is 3.85. The van der Waals surface area contributed by atoms with Gasteiger partial charge in [-0.05, 0) is 49.6 Å². The minimum atomic E-state index is -3.77. The first kappa shape index (κ1) is 27.9. The molecular formula is C29H35N3O4S. The van der Waals surface area contributed by atoms with Gasteiger partial charge in [0.2, 0.25) is 21.8 Å². The maximum Gasteiger partial charge on any atom is 0.244 e. The normalized spacial score (nSPS) is 12.0. The number of carbonyl (C=O) groups is 2. The van der Waals surface area contributed by atoms with Crippen LogP contribution in [0.4, 0.5) is 5.69 Å². The maximum absolute atomic E-state index is 13.9. The third-order valence-electron chi connectivity index (χ3n) is 6.06. The van der Waals surface area contributed by atoms with Gasteiger partial charge in [0.1, 0.15) is 12.6 Å². The van der Waals surface area contributed by atoms with Crippen molar-refractivity contribution in [2.24, 2.45) is 0 Å². The largest absolute Gasteiger partial charge is 0.355 e. The Morgan fingerprint density at radius 3 is 2.14 bits per heavy atom. The molecule has 0 heterocycles. The highest BCUT2D eigenvalue weighted by molar-refractivity contribution is 7.92. The van der Waals surface area contributed by atoms with Crippen LogP contribution in [0.2, 0.25) is 0 Å². The average Bonchev–Trinajstić information content (AvgIpc) is 2.85. The molecule has 1 unspecified atom stereocenters. The van der Waals surface area contributed by atoms with Crippen molar-refractivity contribution in [3.8, 4) is 0 Å². The summed E-state index contributed by atoms with van der Waals surface area (Å²) in [5.74, 6) is -0.743. The molecule has 0 aromatic heterocycles. The Morgan fingerprint density at radius 1 is 0.865 bits per heavy atom.